The Balaban J connectivity index is 1.85. The number of nitrogens with one attached hydrogen (secondary N) is 2. The van der Waals surface area contributed by atoms with Crippen molar-refractivity contribution in [2.24, 2.45) is 4.99 Å². The Morgan fingerprint density at radius 2 is 2.25 bits per heavy atom. The highest BCUT2D eigenvalue weighted by molar-refractivity contribution is 9.10. The van der Waals surface area contributed by atoms with Crippen LogP contribution in [0.4, 0.5) is 0 Å². The molecule has 2 N–H and O–H groups in total. The number of amides is 1. The molecule has 1 fully saturated rings. The first-order valence-electron chi connectivity index (χ1n) is 7.04. The first-order valence-corrected chi connectivity index (χ1v) is 7.84. The fourth-order valence-electron chi connectivity index (χ4n) is 2.91. The molecule has 1 unspecified atom stereocenters. The second kappa shape index (κ2) is 5.20. The predicted molar refractivity (Wildman–Crippen MR) is 82.8 cm³/mol. The molecule has 1 heterocycles. The van der Waals surface area contributed by atoms with Crippen LogP contribution in [0.5, 0.6) is 0 Å². The van der Waals surface area contributed by atoms with E-state index in [4.69, 9.17) is 0 Å². The van der Waals surface area contributed by atoms with Crippen molar-refractivity contribution in [1.29, 1.82) is 0 Å². The number of benzene rings is 1. The van der Waals surface area contributed by atoms with Crippen LogP contribution < -0.4 is 10.6 Å². The molecule has 0 radical (unpaired) electrons. The van der Waals surface area contributed by atoms with E-state index in [2.05, 4.69) is 50.6 Å². The van der Waals surface area contributed by atoms with Crippen LogP contribution in [-0.4, -0.2) is 24.0 Å². The highest BCUT2D eigenvalue weighted by atomic mass is 79.9. The molecule has 1 aliphatic heterocycles. The Bertz CT molecular complexity index is 584. The van der Waals surface area contributed by atoms with Crippen molar-refractivity contribution in [3.05, 3.63) is 33.8 Å². The third-order valence-electron chi connectivity index (χ3n) is 4.00. The van der Waals surface area contributed by atoms with Gasteiger partial charge in [-0.05, 0) is 42.5 Å². The van der Waals surface area contributed by atoms with Crippen molar-refractivity contribution in [3.63, 3.8) is 0 Å². The molecule has 106 valence electrons. The number of rotatable bonds is 2. The van der Waals surface area contributed by atoms with Crippen LogP contribution in [0.1, 0.15) is 30.9 Å². The van der Waals surface area contributed by atoms with Gasteiger partial charge in [-0.25, -0.2) is 0 Å². The highest BCUT2D eigenvalue weighted by Crippen LogP contribution is 2.32. The Hall–Kier alpha value is -1.36. The molecular formula is C15H18BrN3O. The fraction of sp³-hybridized carbons (Fsp3) is 0.467. The number of nitrogens with zero attached hydrogens (tertiary/aromatic N) is 1. The number of aryl methyl sites for hydroxylation is 1. The van der Waals surface area contributed by atoms with Crippen LogP contribution in [0.15, 0.2) is 27.7 Å². The van der Waals surface area contributed by atoms with E-state index < -0.39 is 5.54 Å². The van der Waals surface area contributed by atoms with Crippen molar-refractivity contribution < 1.29 is 4.79 Å². The number of guanidine groups is 1. The van der Waals surface area contributed by atoms with Gasteiger partial charge < -0.3 is 5.32 Å². The number of aliphatic imine (C=N–C) groups is 1. The van der Waals surface area contributed by atoms with Crippen LogP contribution in [0.3, 0.4) is 0 Å². The van der Waals surface area contributed by atoms with Gasteiger partial charge in [0.25, 0.3) is 5.91 Å². The van der Waals surface area contributed by atoms with Gasteiger partial charge in [0.05, 0.1) is 0 Å². The molecule has 4 nitrogen and oxygen atoms in total. The molecule has 0 saturated carbocycles. The first kappa shape index (κ1) is 13.6. The van der Waals surface area contributed by atoms with Crippen molar-refractivity contribution >= 4 is 27.8 Å². The van der Waals surface area contributed by atoms with Crippen molar-refractivity contribution in [1.82, 2.24) is 10.6 Å². The summed E-state index contributed by atoms with van der Waals surface area (Å²) < 4.78 is 1.10. The normalized spacial score (nSPS) is 26.5. The summed E-state index contributed by atoms with van der Waals surface area (Å²) in [4.78, 5) is 16.7. The molecule has 1 atom stereocenters. The minimum Gasteiger partial charge on any atom is -0.341 e. The third kappa shape index (κ3) is 2.35. The van der Waals surface area contributed by atoms with Crippen LogP contribution in [0, 0.1) is 0 Å². The Morgan fingerprint density at radius 1 is 1.40 bits per heavy atom. The van der Waals surface area contributed by atoms with Gasteiger partial charge >= 0.3 is 0 Å². The zero-order chi connectivity index (χ0) is 14.2. The van der Waals surface area contributed by atoms with Crippen molar-refractivity contribution in [2.75, 3.05) is 6.54 Å². The lowest BCUT2D eigenvalue weighted by Crippen LogP contribution is -2.51. The quantitative estimate of drug-likeness (QED) is 0.870. The smallest absolute Gasteiger partial charge is 0.252 e. The molecule has 1 aromatic carbocycles. The average molecular weight is 336 g/mol. The molecule has 3 rings (SSSR count). The van der Waals surface area contributed by atoms with Crippen molar-refractivity contribution in [2.45, 2.75) is 38.1 Å². The molecule has 0 aromatic heterocycles. The third-order valence-corrected chi connectivity index (χ3v) is 4.49. The van der Waals surface area contributed by atoms with Crippen LogP contribution in [0.25, 0.3) is 0 Å². The van der Waals surface area contributed by atoms with Crippen molar-refractivity contribution in [3.8, 4) is 0 Å². The van der Waals surface area contributed by atoms with Crippen LogP contribution >= 0.6 is 15.9 Å². The summed E-state index contributed by atoms with van der Waals surface area (Å²) >= 11 is 3.50. The minimum absolute atomic E-state index is 0.0564. The standard InChI is InChI=1S/C15H18BrN3O/c1-2-7-17-14-18-13(20)15(19-14)6-5-10-8-12(16)4-3-11(10)9-15/h3-4,8H,2,5-7,9H2,1H3,(H2,17,18,19,20). The average Bonchev–Trinajstić information content (AvgIpc) is 2.73. The van der Waals surface area contributed by atoms with Crippen LogP contribution in [0.2, 0.25) is 0 Å². The predicted octanol–water partition coefficient (Wildman–Crippen LogP) is 2.16. The lowest BCUT2D eigenvalue weighted by atomic mass is 9.78. The van der Waals surface area contributed by atoms with E-state index >= 15 is 0 Å². The fourth-order valence-corrected chi connectivity index (χ4v) is 3.31. The van der Waals surface area contributed by atoms with E-state index in [1.165, 1.54) is 11.1 Å². The van der Waals surface area contributed by atoms with Crippen LogP contribution in [-0.2, 0) is 17.6 Å². The summed E-state index contributed by atoms with van der Waals surface area (Å²) in [7, 11) is 0. The lowest BCUT2D eigenvalue weighted by molar-refractivity contribution is -0.124. The summed E-state index contributed by atoms with van der Waals surface area (Å²) in [5.74, 6) is 0.693. The molecule has 2 aliphatic rings. The van der Waals surface area contributed by atoms with Gasteiger partial charge in [0.1, 0.15) is 5.54 Å². The number of hydrogen-bond acceptors (Lipinski definition) is 2. The van der Waals surface area contributed by atoms with Gasteiger partial charge in [-0.2, -0.15) is 0 Å². The Labute approximate surface area is 127 Å². The summed E-state index contributed by atoms with van der Waals surface area (Å²) in [6.45, 7) is 2.81. The lowest BCUT2D eigenvalue weighted by Gasteiger charge is -2.32. The Kier molecular flexibility index (Phi) is 3.54. The van der Waals surface area contributed by atoms with Gasteiger partial charge in [-0.15, -0.1) is 0 Å². The number of carbonyl (C=O) groups excluding carboxylic acids is 1. The first-order chi connectivity index (χ1) is 9.63. The van der Waals surface area contributed by atoms with Gasteiger partial charge in [0.2, 0.25) is 0 Å². The van der Waals surface area contributed by atoms with Gasteiger partial charge in [-0.3, -0.25) is 15.1 Å². The molecule has 1 saturated heterocycles. The molecular weight excluding hydrogens is 318 g/mol. The van der Waals surface area contributed by atoms with Gasteiger partial charge in [0, 0.05) is 17.4 Å². The molecule has 0 bridgehead atoms. The monoisotopic (exact) mass is 335 g/mol. The van der Waals surface area contributed by atoms with E-state index in [1.807, 2.05) is 6.07 Å². The molecule has 1 aromatic rings. The maximum Gasteiger partial charge on any atom is 0.252 e. The van der Waals surface area contributed by atoms with E-state index in [1.54, 1.807) is 0 Å². The summed E-state index contributed by atoms with van der Waals surface area (Å²) in [5, 5.41) is 6.21. The number of carbonyl (C=O) groups is 1. The van der Waals surface area contributed by atoms with E-state index in [-0.39, 0.29) is 5.91 Å². The summed E-state index contributed by atoms with van der Waals surface area (Å²) in [6.07, 6.45) is 3.43. The van der Waals surface area contributed by atoms with E-state index in [9.17, 15) is 4.79 Å². The molecule has 5 heteroatoms. The van der Waals surface area contributed by atoms with E-state index in [0.717, 1.165) is 36.7 Å². The number of halogens is 1. The topological polar surface area (TPSA) is 53.5 Å². The summed E-state index contributed by atoms with van der Waals surface area (Å²) in [6, 6.07) is 6.30. The summed E-state index contributed by atoms with van der Waals surface area (Å²) in [5.41, 5.74) is 2.07. The minimum atomic E-state index is -0.507. The second-order valence-corrected chi connectivity index (χ2v) is 6.40. The zero-order valence-corrected chi connectivity index (χ0v) is 13.1. The molecule has 1 spiro atoms. The highest BCUT2D eigenvalue weighted by Gasteiger charge is 2.46. The van der Waals surface area contributed by atoms with E-state index in [0.29, 0.717) is 5.96 Å². The SMILES string of the molecule is CCCN=C1NC(=O)C2(CCc3cc(Br)ccc3C2)N1. The largest absolute Gasteiger partial charge is 0.341 e. The maximum atomic E-state index is 12.3. The van der Waals surface area contributed by atoms with Gasteiger partial charge in [0.15, 0.2) is 5.96 Å². The second-order valence-electron chi connectivity index (χ2n) is 5.48. The maximum absolute atomic E-state index is 12.3. The number of hydrogen-bond donors (Lipinski definition) is 2. The molecule has 1 amide bonds. The van der Waals surface area contributed by atoms with Gasteiger partial charge in [-0.1, -0.05) is 28.9 Å². The molecule has 1 aliphatic carbocycles. The zero-order valence-electron chi connectivity index (χ0n) is 11.5. The Morgan fingerprint density at radius 3 is 3.05 bits per heavy atom. The molecule has 20 heavy (non-hydrogen) atoms. The number of fused-ring (bicyclic) bond motifs is 1.